The average Bonchev–Trinajstić information content (AvgIpc) is 2.09. The molecule has 0 radical (unpaired) electrons. The fraction of sp³-hybridized carbons (Fsp3) is 0.400. The number of aliphatic carboxylic acids is 1. The fourth-order valence-corrected chi connectivity index (χ4v) is 2.04. The third-order valence-electron chi connectivity index (χ3n) is 2.59. The van der Waals surface area contributed by atoms with Crippen molar-refractivity contribution in [2.45, 2.75) is 6.92 Å². The summed E-state index contributed by atoms with van der Waals surface area (Å²) in [4.78, 5) is 16.9. The molecule has 4 nitrogen and oxygen atoms in total. The second-order valence-electron chi connectivity index (χ2n) is 3.71. The SMILES string of the molecule is Cc1ccnc(N2CC(C(=O)O)C2)c1Br. The smallest absolute Gasteiger partial charge is 0.310 e. The minimum absolute atomic E-state index is 0.251. The Labute approximate surface area is 96.1 Å². The van der Waals surface area contributed by atoms with Crippen LogP contribution in [0.2, 0.25) is 0 Å². The molecule has 1 aliphatic heterocycles. The molecule has 0 spiro atoms. The van der Waals surface area contributed by atoms with Crippen LogP contribution < -0.4 is 4.90 Å². The standard InChI is InChI=1S/C10H11BrN2O2/c1-6-2-3-12-9(8(6)11)13-4-7(5-13)10(14)15/h2-3,7H,4-5H2,1H3,(H,14,15). The minimum atomic E-state index is -0.727. The van der Waals surface area contributed by atoms with Crippen LogP contribution in [0.4, 0.5) is 5.82 Å². The van der Waals surface area contributed by atoms with Gasteiger partial charge in [-0.2, -0.15) is 0 Å². The Bertz CT molecular complexity index is 402. The van der Waals surface area contributed by atoms with E-state index >= 15 is 0 Å². The van der Waals surface area contributed by atoms with E-state index in [4.69, 9.17) is 5.11 Å². The quantitative estimate of drug-likeness (QED) is 0.889. The Hall–Kier alpha value is -1.10. The summed E-state index contributed by atoms with van der Waals surface area (Å²) in [5.41, 5.74) is 1.11. The van der Waals surface area contributed by atoms with Crippen LogP contribution in [0.15, 0.2) is 16.7 Å². The summed E-state index contributed by atoms with van der Waals surface area (Å²) in [5, 5.41) is 8.76. The van der Waals surface area contributed by atoms with Crippen LogP contribution >= 0.6 is 15.9 Å². The van der Waals surface area contributed by atoms with Crippen LogP contribution in [0.5, 0.6) is 0 Å². The van der Waals surface area contributed by atoms with Crippen molar-refractivity contribution in [1.82, 2.24) is 4.98 Å². The van der Waals surface area contributed by atoms with Crippen molar-refractivity contribution in [2.75, 3.05) is 18.0 Å². The average molecular weight is 271 g/mol. The molecule has 2 heterocycles. The number of aryl methyl sites for hydroxylation is 1. The van der Waals surface area contributed by atoms with Crippen LogP contribution in [0.3, 0.4) is 0 Å². The zero-order chi connectivity index (χ0) is 11.0. The number of carbonyl (C=O) groups is 1. The molecule has 0 unspecified atom stereocenters. The number of hydrogen-bond acceptors (Lipinski definition) is 3. The van der Waals surface area contributed by atoms with Crippen LogP contribution in [0.1, 0.15) is 5.56 Å². The predicted octanol–water partition coefficient (Wildman–Crippen LogP) is 1.67. The fourth-order valence-electron chi connectivity index (χ4n) is 1.55. The highest BCUT2D eigenvalue weighted by Crippen LogP contribution is 2.31. The molecule has 5 heteroatoms. The summed E-state index contributed by atoms with van der Waals surface area (Å²) in [6, 6.07) is 1.92. The predicted molar refractivity (Wildman–Crippen MR) is 60.0 cm³/mol. The molecule has 1 aliphatic rings. The number of nitrogens with zero attached hydrogens (tertiary/aromatic N) is 2. The van der Waals surface area contributed by atoms with Gasteiger partial charge in [-0.15, -0.1) is 0 Å². The zero-order valence-corrected chi connectivity index (χ0v) is 9.86. The van der Waals surface area contributed by atoms with Crippen molar-refractivity contribution in [3.8, 4) is 0 Å². The Morgan fingerprint density at radius 1 is 1.67 bits per heavy atom. The van der Waals surface area contributed by atoms with Crippen molar-refractivity contribution in [3.63, 3.8) is 0 Å². The summed E-state index contributed by atoms with van der Waals surface area (Å²) >= 11 is 3.46. The summed E-state index contributed by atoms with van der Waals surface area (Å²) in [6.07, 6.45) is 1.74. The molecule has 0 aromatic carbocycles. The van der Waals surface area contributed by atoms with Gasteiger partial charge in [0, 0.05) is 19.3 Å². The lowest BCUT2D eigenvalue weighted by Crippen LogP contribution is -2.51. The van der Waals surface area contributed by atoms with E-state index in [1.165, 1.54) is 0 Å². The highest BCUT2D eigenvalue weighted by Gasteiger charge is 2.34. The Morgan fingerprint density at radius 2 is 2.33 bits per heavy atom. The van der Waals surface area contributed by atoms with Crippen molar-refractivity contribution in [1.29, 1.82) is 0 Å². The molecular formula is C10H11BrN2O2. The summed E-state index contributed by atoms with van der Waals surface area (Å²) in [7, 11) is 0. The Balaban J connectivity index is 2.13. The number of rotatable bonds is 2. The number of pyridine rings is 1. The van der Waals surface area contributed by atoms with Gasteiger partial charge in [0.2, 0.25) is 0 Å². The molecule has 0 aliphatic carbocycles. The van der Waals surface area contributed by atoms with Crippen molar-refractivity contribution in [2.24, 2.45) is 5.92 Å². The third-order valence-corrected chi connectivity index (χ3v) is 3.57. The monoisotopic (exact) mass is 270 g/mol. The van der Waals surface area contributed by atoms with Gasteiger partial charge in [0.1, 0.15) is 5.82 Å². The molecule has 0 amide bonds. The van der Waals surface area contributed by atoms with Gasteiger partial charge in [-0.25, -0.2) is 4.98 Å². The molecule has 1 aromatic heterocycles. The van der Waals surface area contributed by atoms with E-state index in [0.717, 1.165) is 15.9 Å². The minimum Gasteiger partial charge on any atom is -0.481 e. The van der Waals surface area contributed by atoms with E-state index in [2.05, 4.69) is 20.9 Å². The van der Waals surface area contributed by atoms with Gasteiger partial charge >= 0.3 is 5.97 Å². The summed E-state index contributed by atoms with van der Waals surface area (Å²) in [6.45, 7) is 3.08. The number of anilines is 1. The third kappa shape index (κ3) is 1.84. The molecule has 1 aromatic rings. The molecule has 0 atom stereocenters. The van der Waals surface area contributed by atoms with Crippen molar-refractivity contribution in [3.05, 3.63) is 22.3 Å². The van der Waals surface area contributed by atoms with E-state index in [-0.39, 0.29) is 5.92 Å². The van der Waals surface area contributed by atoms with Gasteiger partial charge in [0.15, 0.2) is 0 Å². The molecule has 1 N–H and O–H groups in total. The topological polar surface area (TPSA) is 53.4 Å². The zero-order valence-electron chi connectivity index (χ0n) is 8.27. The molecular weight excluding hydrogens is 260 g/mol. The Kier molecular flexibility index (Phi) is 2.65. The van der Waals surface area contributed by atoms with Crippen molar-refractivity contribution >= 4 is 27.7 Å². The van der Waals surface area contributed by atoms with Gasteiger partial charge in [-0.3, -0.25) is 4.79 Å². The van der Waals surface area contributed by atoms with E-state index < -0.39 is 5.97 Å². The van der Waals surface area contributed by atoms with Crippen LogP contribution in [0, 0.1) is 12.8 Å². The first-order chi connectivity index (χ1) is 7.09. The maximum absolute atomic E-state index is 10.7. The van der Waals surface area contributed by atoms with Crippen LogP contribution in [-0.4, -0.2) is 29.1 Å². The normalized spacial score (nSPS) is 16.3. The van der Waals surface area contributed by atoms with Gasteiger partial charge in [0.25, 0.3) is 0 Å². The first-order valence-electron chi connectivity index (χ1n) is 4.68. The number of aromatic nitrogens is 1. The maximum atomic E-state index is 10.7. The molecule has 0 bridgehead atoms. The number of carboxylic acids is 1. The van der Waals surface area contributed by atoms with E-state index in [1.807, 2.05) is 17.9 Å². The molecule has 2 rings (SSSR count). The lowest BCUT2D eigenvalue weighted by atomic mass is 10.0. The van der Waals surface area contributed by atoms with E-state index in [9.17, 15) is 4.79 Å². The first-order valence-corrected chi connectivity index (χ1v) is 5.47. The lowest BCUT2D eigenvalue weighted by molar-refractivity contribution is -0.142. The van der Waals surface area contributed by atoms with Crippen LogP contribution in [0.25, 0.3) is 0 Å². The lowest BCUT2D eigenvalue weighted by Gasteiger charge is -2.38. The van der Waals surface area contributed by atoms with E-state index in [0.29, 0.717) is 13.1 Å². The van der Waals surface area contributed by atoms with Crippen LogP contribution in [-0.2, 0) is 4.79 Å². The molecule has 15 heavy (non-hydrogen) atoms. The number of hydrogen-bond donors (Lipinski definition) is 1. The summed E-state index contributed by atoms with van der Waals surface area (Å²) < 4.78 is 0.953. The van der Waals surface area contributed by atoms with E-state index in [1.54, 1.807) is 6.20 Å². The highest BCUT2D eigenvalue weighted by molar-refractivity contribution is 9.10. The highest BCUT2D eigenvalue weighted by atomic mass is 79.9. The van der Waals surface area contributed by atoms with Gasteiger partial charge in [-0.1, -0.05) is 0 Å². The largest absolute Gasteiger partial charge is 0.481 e. The second-order valence-corrected chi connectivity index (χ2v) is 4.50. The second kappa shape index (κ2) is 3.81. The molecule has 1 saturated heterocycles. The summed E-state index contributed by atoms with van der Waals surface area (Å²) in [5.74, 6) is -0.137. The number of halogens is 1. The van der Waals surface area contributed by atoms with Gasteiger partial charge in [-0.05, 0) is 34.5 Å². The maximum Gasteiger partial charge on any atom is 0.310 e. The van der Waals surface area contributed by atoms with Crippen molar-refractivity contribution < 1.29 is 9.90 Å². The molecule has 80 valence electrons. The molecule has 0 saturated carbocycles. The first kappa shape index (κ1) is 10.4. The van der Waals surface area contributed by atoms with Gasteiger partial charge in [0.05, 0.1) is 10.4 Å². The number of carboxylic acid groups (broad SMARTS) is 1. The Morgan fingerprint density at radius 3 is 2.93 bits per heavy atom. The van der Waals surface area contributed by atoms with Gasteiger partial charge < -0.3 is 10.0 Å². The molecule has 1 fully saturated rings.